The molecule has 8 heteroatoms. The van der Waals surface area contributed by atoms with Gasteiger partial charge in [-0.25, -0.2) is 14.2 Å². The first-order valence-electron chi connectivity index (χ1n) is 6.92. The maximum atomic E-state index is 13.3. The molecule has 0 saturated carbocycles. The molecule has 3 aromatic rings. The highest BCUT2D eigenvalue weighted by Crippen LogP contribution is 2.27. The number of hydrogen-bond donors (Lipinski definition) is 1. The third-order valence-electron chi connectivity index (χ3n) is 3.00. The molecule has 7 nitrogen and oxygen atoms in total. The Balaban J connectivity index is 2.11. The number of benzene rings is 1. The van der Waals surface area contributed by atoms with Crippen molar-refractivity contribution in [2.45, 2.75) is 13.8 Å². The van der Waals surface area contributed by atoms with Crippen molar-refractivity contribution in [1.82, 2.24) is 15.1 Å². The molecule has 23 heavy (non-hydrogen) atoms. The third kappa shape index (κ3) is 2.96. The second-order valence-corrected chi connectivity index (χ2v) is 4.69. The van der Waals surface area contributed by atoms with Gasteiger partial charge in [0.2, 0.25) is 5.69 Å². The molecule has 2 aromatic heterocycles. The average Bonchev–Trinajstić information content (AvgIpc) is 2.91. The zero-order chi connectivity index (χ0) is 16.4. The standard InChI is InChI=1S/C15H13FN4O3/c1-3-22-15(21)12-11-13(17-8(2)18-14(11)23-20-12)19-10-6-4-5-9(16)7-10/h4-7H,3H2,1-2H3,(H,17,18,19). The van der Waals surface area contributed by atoms with E-state index in [1.54, 1.807) is 26.0 Å². The Morgan fingerprint density at radius 3 is 2.96 bits per heavy atom. The van der Waals surface area contributed by atoms with E-state index in [-0.39, 0.29) is 18.0 Å². The number of rotatable bonds is 4. The first-order chi connectivity index (χ1) is 11.1. The summed E-state index contributed by atoms with van der Waals surface area (Å²) in [6.45, 7) is 3.56. The molecule has 0 saturated heterocycles. The quantitative estimate of drug-likeness (QED) is 0.740. The number of halogens is 1. The van der Waals surface area contributed by atoms with Gasteiger partial charge in [-0.05, 0) is 32.0 Å². The molecule has 0 amide bonds. The van der Waals surface area contributed by atoms with Gasteiger partial charge in [0, 0.05) is 5.69 Å². The zero-order valence-electron chi connectivity index (χ0n) is 12.5. The van der Waals surface area contributed by atoms with Crippen molar-refractivity contribution < 1.29 is 18.4 Å². The van der Waals surface area contributed by atoms with Crippen LogP contribution in [0.25, 0.3) is 11.1 Å². The number of hydrogen-bond acceptors (Lipinski definition) is 7. The normalized spacial score (nSPS) is 10.7. The Hall–Kier alpha value is -3.03. The number of anilines is 2. The van der Waals surface area contributed by atoms with Crippen LogP contribution in [-0.2, 0) is 4.74 Å². The van der Waals surface area contributed by atoms with Crippen molar-refractivity contribution in [3.05, 3.63) is 41.6 Å². The molecule has 0 bridgehead atoms. The minimum atomic E-state index is -0.638. The molecule has 0 radical (unpaired) electrons. The SMILES string of the molecule is CCOC(=O)c1noc2nc(C)nc(Nc3cccc(F)c3)c12. The number of carbonyl (C=O) groups is 1. The highest BCUT2D eigenvalue weighted by molar-refractivity contribution is 6.05. The van der Waals surface area contributed by atoms with Gasteiger partial charge in [0.05, 0.1) is 6.61 Å². The molecule has 0 aliphatic rings. The highest BCUT2D eigenvalue weighted by atomic mass is 19.1. The number of ether oxygens (including phenoxy) is 1. The van der Waals surface area contributed by atoms with Crippen LogP contribution in [0, 0.1) is 12.7 Å². The van der Waals surface area contributed by atoms with E-state index >= 15 is 0 Å². The van der Waals surface area contributed by atoms with Gasteiger partial charge >= 0.3 is 5.97 Å². The summed E-state index contributed by atoms with van der Waals surface area (Å²) in [4.78, 5) is 20.3. The maximum absolute atomic E-state index is 13.3. The second-order valence-electron chi connectivity index (χ2n) is 4.69. The molecule has 0 fully saturated rings. The number of fused-ring (bicyclic) bond motifs is 1. The first kappa shape index (κ1) is 14.9. The van der Waals surface area contributed by atoms with Crippen LogP contribution in [0.5, 0.6) is 0 Å². The van der Waals surface area contributed by atoms with Crippen LogP contribution in [0.3, 0.4) is 0 Å². The number of aromatic nitrogens is 3. The number of nitrogens with zero attached hydrogens (tertiary/aromatic N) is 3. The summed E-state index contributed by atoms with van der Waals surface area (Å²) in [5.41, 5.74) is 0.598. The number of carbonyl (C=O) groups excluding carboxylic acids is 1. The highest BCUT2D eigenvalue weighted by Gasteiger charge is 2.23. The molecule has 1 aromatic carbocycles. The van der Waals surface area contributed by atoms with Crippen LogP contribution in [0.1, 0.15) is 23.2 Å². The molecule has 0 spiro atoms. The van der Waals surface area contributed by atoms with E-state index in [1.807, 2.05) is 0 Å². The smallest absolute Gasteiger partial charge is 0.361 e. The Morgan fingerprint density at radius 1 is 1.39 bits per heavy atom. The lowest BCUT2D eigenvalue weighted by atomic mass is 10.2. The van der Waals surface area contributed by atoms with E-state index in [0.29, 0.717) is 22.7 Å². The lowest BCUT2D eigenvalue weighted by Gasteiger charge is -2.07. The third-order valence-corrected chi connectivity index (χ3v) is 3.00. The van der Waals surface area contributed by atoms with Gasteiger partial charge in [0.1, 0.15) is 22.8 Å². The van der Waals surface area contributed by atoms with Crippen LogP contribution in [0.15, 0.2) is 28.8 Å². The van der Waals surface area contributed by atoms with Gasteiger partial charge in [-0.15, -0.1) is 0 Å². The molecule has 0 aliphatic heterocycles. The van der Waals surface area contributed by atoms with Crippen molar-refractivity contribution in [2.75, 3.05) is 11.9 Å². The number of esters is 1. The topological polar surface area (TPSA) is 90.1 Å². The second kappa shape index (κ2) is 5.99. The molecule has 0 atom stereocenters. The van der Waals surface area contributed by atoms with Crippen LogP contribution in [0.4, 0.5) is 15.9 Å². The van der Waals surface area contributed by atoms with E-state index in [1.165, 1.54) is 12.1 Å². The fraction of sp³-hybridized carbons (Fsp3) is 0.200. The molecular formula is C15H13FN4O3. The van der Waals surface area contributed by atoms with Gasteiger partial charge in [-0.2, -0.15) is 4.98 Å². The fourth-order valence-electron chi connectivity index (χ4n) is 2.09. The molecule has 118 valence electrons. The monoisotopic (exact) mass is 316 g/mol. The van der Waals surface area contributed by atoms with Crippen LogP contribution in [0.2, 0.25) is 0 Å². The van der Waals surface area contributed by atoms with Crippen LogP contribution >= 0.6 is 0 Å². The molecule has 1 N–H and O–H groups in total. The van der Waals surface area contributed by atoms with E-state index < -0.39 is 11.8 Å². The van der Waals surface area contributed by atoms with Crippen molar-refractivity contribution in [1.29, 1.82) is 0 Å². The summed E-state index contributed by atoms with van der Waals surface area (Å²) in [6.07, 6.45) is 0. The van der Waals surface area contributed by atoms with Gasteiger partial charge in [0.25, 0.3) is 5.71 Å². The van der Waals surface area contributed by atoms with Gasteiger partial charge < -0.3 is 14.6 Å². The summed E-state index contributed by atoms with van der Waals surface area (Å²) in [5, 5.41) is 6.95. The van der Waals surface area contributed by atoms with Crippen LogP contribution in [-0.4, -0.2) is 27.7 Å². The molecule has 2 heterocycles. The largest absolute Gasteiger partial charge is 0.461 e. The Bertz CT molecular complexity index is 878. The van der Waals surface area contributed by atoms with Gasteiger partial charge in [-0.1, -0.05) is 11.2 Å². The average molecular weight is 316 g/mol. The Morgan fingerprint density at radius 2 is 2.22 bits per heavy atom. The Labute approximate surface area is 130 Å². The van der Waals surface area contributed by atoms with Crippen molar-refractivity contribution in [2.24, 2.45) is 0 Å². The molecule has 3 rings (SSSR count). The summed E-state index contributed by atoms with van der Waals surface area (Å²) in [7, 11) is 0. The predicted molar refractivity (Wildman–Crippen MR) is 80.0 cm³/mol. The van der Waals surface area contributed by atoms with E-state index in [4.69, 9.17) is 9.26 Å². The summed E-state index contributed by atoms with van der Waals surface area (Å²) < 4.78 is 23.4. The minimum Gasteiger partial charge on any atom is -0.461 e. The lowest BCUT2D eigenvalue weighted by Crippen LogP contribution is -2.07. The Kier molecular flexibility index (Phi) is 3.88. The van der Waals surface area contributed by atoms with Gasteiger partial charge in [0.15, 0.2) is 0 Å². The predicted octanol–water partition coefficient (Wildman–Crippen LogP) is 2.99. The van der Waals surface area contributed by atoms with Crippen molar-refractivity contribution in [3.8, 4) is 0 Å². The first-order valence-corrected chi connectivity index (χ1v) is 6.92. The van der Waals surface area contributed by atoms with Gasteiger partial charge in [-0.3, -0.25) is 0 Å². The minimum absolute atomic E-state index is 0.0271. The molecule has 0 aliphatic carbocycles. The molecular weight excluding hydrogens is 303 g/mol. The van der Waals surface area contributed by atoms with Crippen LogP contribution < -0.4 is 5.32 Å². The number of aryl methyl sites for hydroxylation is 1. The summed E-state index contributed by atoms with van der Waals surface area (Å²) >= 11 is 0. The van der Waals surface area contributed by atoms with Crippen molar-refractivity contribution in [3.63, 3.8) is 0 Å². The zero-order valence-corrected chi connectivity index (χ0v) is 12.5. The molecule has 0 unspecified atom stereocenters. The summed E-state index contributed by atoms with van der Waals surface area (Å²) in [6, 6.07) is 5.86. The lowest BCUT2D eigenvalue weighted by molar-refractivity contribution is 0.0517. The van der Waals surface area contributed by atoms with Crippen molar-refractivity contribution >= 4 is 28.6 Å². The van der Waals surface area contributed by atoms with E-state index in [0.717, 1.165) is 0 Å². The fourth-order valence-corrected chi connectivity index (χ4v) is 2.09. The summed E-state index contributed by atoms with van der Waals surface area (Å²) in [5.74, 6) is -0.320. The maximum Gasteiger partial charge on any atom is 0.361 e. The van der Waals surface area contributed by atoms with E-state index in [2.05, 4.69) is 20.4 Å². The van der Waals surface area contributed by atoms with E-state index in [9.17, 15) is 9.18 Å². The number of nitrogens with one attached hydrogen (secondary N) is 1.